The number of anilines is 1. The molecule has 0 aliphatic carbocycles. The Balaban J connectivity index is 0.00000149. The highest BCUT2D eigenvalue weighted by atomic mass is 127. The van der Waals surface area contributed by atoms with E-state index in [1.165, 1.54) is 12.4 Å². The van der Waals surface area contributed by atoms with Crippen LogP contribution >= 0.6 is 40.0 Å². The number of pyridine rings is 2. The molecule has 3 N–H and O–H groups in total. The number of alkyl halides is 1. The molecule has 11 heteroatoms. The summed E-state index contributed by atoms with van der Waals surface area (Å²) in [7, 11) is 0. The first-order valence-electron chi connectivity index (χ1n) is 9.67. The van der Waals surface area contributed by atoms with Crippen molar-refractivity contribution in [3.05, 3.63) is 75.8 Å². The van der Waals surface area contributed by atoms with E-state index in [2.05, 4.69) is 48.7 Å². The number of aromatic nitrogens is 4. The molecule has 0 fully saturated rings. The fraction of sp³-hybridized carbons (Fsp3) is 0.136. The number of nitrogens with zero attached hydrogens (tertiary/aromatic N) is 3. The SMILES string of the molecule is CCl.Cc1nc2[nH]c(=O)c(-[n+]3ccccc3)c(-c3ccc(F)c(NPI)c3C=N)c2nc1C. The van der Waals surface area contributed by atoms with E-state index in [1.54, 1.807) is 23.0 Å². The van der Waals surface area contributed by atoms with E-state index in [0.29, 0.717) is 39.2 Å². The number of aromatic amines is 1. The third-order valence-electron chi connectivity index (χ3n) is 4.98. The van der Waals surface area contributed by atoms with Gasteiger partial charge in [-0.2, -0.15) is 4.57 Å². The molecule has 0 saturated heterocycles. The van der Waals surface area contributed by atoms with Crippen molar-refractivity contribution in [1.82, 2.24) is 15.0 Å². The molecular weight excluding hydrogens is 577 g/mol. The number of H-pyrrole nitrogens is 1. The van der Waals surface area contributed by atoms with Gasteiger partial charge in [0, 0.05) is 42.2 Å². The molecule has 0 spiro atoms. The number of hydrogen-bond donors (Lipinski definition) is 3. The van der Waals surface area contributed by atoms with Crippen LogP contribution in [0, 0.1) is 25.1 Å². The first-order chi connectivity index (χ1) is 16.0. The summed E-state index contributed by atoms with van der Waals surface area (Å²) in [6, 6.07) is 8.39. The minimum absolute atomic E-state index is 0.206. The third kappa shape index (κ3) is 4.90. The molecule has 33 heavy (non-hydrogen) atoms. The minimum atomic E-state index is -0.465. The number of rotatable bonds is 5. The molecule has 0 aliphatic heterocycles. The quantitative estimate of drug-likeness (QED) is 0.0966. The predicted octanol–water partition coefficient (Wildman–Crippen LogP) is 5.23. The maximum atomic E-state index is 14.6. The van der Waals surface area contributed by atoms with Crippen molar-refractivity contribution in [2.45, 2.75) is 13.8 Å². The normalized spacial score (nSPS) is 10.8. The van der Waals surface area contributed by atoms with Crippen LogP contribution in [0.15, 0.2) is 47.5 Å². The standard InChI is InChI=1S/C21H17FIN6OP.CH3Cl/c1-11-12(2)26-20-18(25-11)16(19(21(30)27-20)29-8-4-3-5-9-29)13-6-7-15(22)17(28-31-23)14(13)10-24;1-2/h3-10,31H,1-2H3,(H2-,24,26,27,28,30);1H3/p+1. The lowest BCUT2D eigenvalue weighted by Crippen LogP contribution is -2.37. The van der Waals surface area contributed by atoms with Gasteiger partial charge in [-0.1, -0.05) is 12.1 Å². The summed E-state index contributed by atoms with van der Waals surface area (Å²) in [4.78, 5) is 25.3. The number of benzene rings is 1. The van der Waals surface area contributed by atoms with Gasteiger partial charge in [-0.25, -0.2) is 14.4 Å². The van der Waals surface area contributed by atoms with Gasteiger partial charge in [-0.05, 0) is 42.0 Å². The van der Waals surface area contributed by atoms with E-state index in [4.69, 9.17) is 10.4 Å². The van der Waals surface area contributed by atoms with Gasteiger partial charge < -0.3 is 10.5 Å². The van der Waals surface area contributed by atoms with Gasteiger partial charge in [0.2, 0.25) is 0 Å². The summed E-state index contributed by atoms with van der Waals surface area (Å²) in [5.41, 5.74) is 3.77. The molecule has 4 aromatic rings. The van der Waals surface area contributed by atoms with Gasteiger partial charge in [0.05, 0.1) is 22.6 Å². The summed E-state index contributed by atoms with van der Waals surface area (Å²) in [5, 5.41) is 11.0. The van der Waals surface area contributed by atoms with Gasteiger partial charge >= 0.3 is 5.56 Å². The Bertz CT molecular complexity index is 1380. The minimum Gasteiger partial charge on any atom is -0.356 e. The van der Waals surface area contributed by atoms with Gasteiger partial charge in [0.15, 0.2) is 18.0 Å². The van der Waals surface area contributed by atoms with Gasteiger partial charge in [-0.15, -0.1) is 11.6 Å². The topological polar surface area (TPSA) is 98.4 Å². The lowest BCUT2D eigenvalue weighted by atomic mass is 9.96. The van der Waals surface area contributed by atoms with E-state index in [-0.39, 0.29) is 17.6 Å². The Morgan fingerprint density at radius 3 is 2.48 bits per heavy atom. The Hall–Kier alpha value is -2.49. The van der Waals surface area contributed by atoms with Crippen molar-refractivity contribution >= 4 is 63.1 Å². The first-order valence-corrected chi connectivity index (χ1v) is 14.5. The van der Waals surface area contributed by atoms with Crippen molar-refractivity contribution < 1.29 is 8.96 Å². The molecule has 3 aromatic heterocycles. The van der Waals surface area contributed by atoms with Crippen LogP contribution in [0.5, 0.6) is 0 Å². The fourth-order valence-corrected chi connectivity index (χ4v) is 4.60. The summed E-state index contributed by atoms with van der Waals surface area (Å²) < 4.78 is 16.3. The molecule has 1 aromatic carbocycles. The monoisotopic (exact) mass is 597 g/mol. The van der Waals surface area contributed by atoms with Crippen LogP contribution in [0.3, 0.4) is 0 Å². The van der Waals surface area contributed by atoms with E-state index in [0.717, 1.165) is 11.9 Å². The third-order valence-corrected chi connectivity index (χ3v) is 6.14. The van der Waals surface area contributed by atoms with Crippen LogP contribution in [0.4, 0.5) is 10.1 Å². The molecule has 0 amide bonds. The molecular formula is C22H21ClFIN6OP+. The predicted molar refractivity (Wildman–Crippen MR) is 142 cm³/mol. The molecule has 0 saturated carbocycles. The summed E-state index contributed by atoms with van der Waals surface area (Å²) in [6.45, 7) is 3.67. The van der Waals surface area contributed by atoms with Crippen molar-refractivity contribution in [2.24, 2.45) is 0 Å². The number of hydrogen-bond acceptors (Lipinski definition) is 5. The Labute approximate surface area is 209 Å². The Morgan fingerprint density at radius 2 is 1.85 bits per heavy atom. The number of halogens is 3. The highest BCUT2D eigenvalue weighted by molar-refractivity contribution is 14.2. The molecule has 0 aliphatic rings. The summed E-state index contributed by atoms with van der Waals surface area (Å²) >= 11 is 6.74. The molecule has 0 radical (unpaired) electrons. The average Bonchev–Trinajstić information content (AvgIpc) is 2.83. The van der Waals surface area contributed by atoms with Gasteiger partial charge in [0.25, 0.3) is 5.69 Å². The van der Waals surface area contributed by atoms with Crippen LogP contribution < -0.4 is 15.2 Å². The molecule has 4 rings (SSSR count). The average molecular weight is 598 g/mol. The number of fused-ring (bicyclic) bond motifs is 1. The Kier molecular flexibility index (Phi) is 8.45. The van der Waals surface area contributed by atoms with Crippen molar-refractivity contribution in [2.75, 3.05) is 11.5 Å². The maximum Gasteiger partial charge on any atom is 0.322 e. The molecule has 3 heterocycles. The van der Waals surface area contributed by atoms with Gasteiger partial charge in [-0.3, -0.25) is 9.78 Å². The van der Waals surface area contributed by atoms with Crippen LogP contribution in [0.25, 0.3) is 28.0 Å². The fourth-order valence-electron chi connectivity index (χ4n) is 3.44. The highest BCUT2D eigenvalue weighted by Crippen LogP contribution is 2.37. The zero-order valence-electron chi connectivity index (χ0n) is 18.0. The lowest BCUT2D eigenvalue weighted by molar-refractivity contribution is -0.596. The van der Waals surface area contributed by atoms with Crippen molar-refractivity contribution in [1.29, 1.82) is 5.41 Å². The molecule has 7 nitrogen and oxygen atoms in total. The maximum absolute atomic E-state index is 14.6. The molecule has 1 atom stereocenters. The number of aryl methyl sites for hydroxylation is 2. The van der Waals surface area contributed by atoms with Crippen LogP contribution in [0.2, 0.25) is 0 Å². The molecule has 0 bridgehead atoms. The first kappa shape index (κ1) is 25.1. The molecule has 170 valence electrons. The Morgan fingerprint density at radius 1 is 1.18 bits per heavy atom. The summed E-state index contributed by atoms with van der Waals surface area (Å²) in [6.07, 6.45) is 6.29. The highest BCUT2D eigenvalue weighted by Gasteiger charge is 2.27. The van der Waals surface area contributed by atoms with E-state index in [9.17, 15) is 9.18 Å². The summed E-state index contributed by atoms with van der Waals surface area (Å²) in [5.74, 6) is -0.465. The van der Waals surface area contributed by atoms with E-state index < -0.39 is 5.82 Å². The second-order valence-electron chi connectivity index (χ2n) is 6.80. The van der Waals surface area contributed by atoms with Crippen molar-refractivity contribution in [3.63, 3.8) is 0 Å². The largest absolute Gasteiger partial charge is 0.356 e. The van der Waals surface area contributed by atoms with Crippen molar-refractivity contribution in [3.8, 4) is 16.8 Å². The zero-order chi connectivity index (χ0) is 24.1. The van der Waals surface area contributed by atoms with Gasteiger partial charge in [0.1, 0.15) is 11.3 Å². The lowest BCUT2D eigenvalue weighted by Gasteiger charge is -2.15. The van der Waals surface area contributed by atoms with Crippen LogP contribution in [-0.2, 0) is 0 Å². The van der Waals surface area contributed by atoms with E-state index in [1.807, 2.05) is 32.0 Å². The second kappa shape index (κ2) is 11.1. The molecule has 1 unspecified atom stereocenters. The van der Waals surface area contributed by atoms with Crippen LogP contribution in [-0.4, -0.2) is 27.5 Å². The van der Waals surface area contributed by atoms with E-state index >= 15 is 0 Å². The zero-order valence-corrected chi connectivity index (χ0v) is 21.9. The number of nitrogens with one attached hydrogen (secondary N) is 3. The second-order valence-corrected chi connectivity index (χ2v) is 8.86. The smallest absolute Gasteiger partial charge is 0.322 e. The van der Waals surface area contributed by atoms with Crippen LogP contribution in [0.1, 0.15) is 17.0 Å².